The van der Waals surface area contributed by atoms with E-state index in [1.165, 1.54) is 24.6 Å². The maximum absolute atomic E-state index is 12.1. The van der Waals surface area contributed by atoms with Gasteiger partial charge >= 0.3 is 0 Å². The van der Waals surface area contributed by atoms with E-state index in [1.54, 1.807) is 0 Å². The SMILES string of the molecule is CCn1c(SCC(=O)Nc2ccc(CC#N)cc2)nnc1C1CC1. The van der Waals surface area contributed by atoms with E-state index in [1.807, 2.05) is 24.3 Å². The van der Waals surface area contributed by atoms with Gasteiger partial charge in [-0.25, -0.2) is 0 Å². The Kier molecular flexibility index (Phi) is 5.16. The van der Waals surface area contributed by atoms with Crippen LogP contribution in [0.2, 0.25) is 0 Å². The molecule has 124 valence electrons. The van der Waals surface area contributed by atoms with E-state index >= 15 is 0 Å². The Hall–Kier alpha value is -2.33. The van der Waals surface area contributed by atoms with Gasteiger partial charge in [-0.1, -0.05) is 23.9 Å². The first-order chi connectivity index (χ1) is 11.7. The van der Waals surface area contributed by atoms with E-state index < -0.39 is 0 Å². The van der Waals surface area contributed by atoms with Crippen LogP contribution in [0.3, 0.4) is 0 Å². The molecule has 1 aliphatic rings. The molecular formula is C17H19N5OS. The van der Waals surface area contributed by atoms with E-state index in [0.29, 0.717) is 18.1 Å². The molecule has 7 heteroatoms. The number of nitriles is 1. The van der Waals surface area contributed by atoms with Crippen molar-refractivity contribution in [1.82, 2.24) is 14.8 Å². The normalized spacial score (nSPS) is 13.5. The van der Waals surface area contributed by atoms with E-state index in [9.17, 15) is 4.79 Å². The lowest BCUT2D eigenvalue weighted by atomic mass is 10.1. The van der Waals surface area contributed by atoms with Gasteiger partial charge in [0.15, 0.2) is 5.16 Å². The molecule has 0 atom stereocenters. The summed E-state index contributed by atoms with van der Waals surface area (Å²) >= 11 is 1.41. The first kappa shape index (κ1) is 16.5. The Morgan fingerprint density at radius 1 is 1.38 bits per heavy atom. The Balaban J connectivity index is 1.55. The van der Waals surface area contributed by atoms with Gasteiger partial charge < -0.3 is 9.88 Å². The Morgan fingerprint density at radius 3 is 2.75 bits per heavy atom. The van der Waals surface area contributed by atoms with Gasteiger partial charge in [-0.2, -0.15) is 5.26 Å². The molecule has 1 N–H and O–H groups in total. The fourth-order valence-corrected chi connectivity index (χ4v) is 3.28. The molecule has 0 unspecified atom stereocenters. The predicted molar refractivity (Wildman–Crippen MR) is 92.8 cm³/mol. The van der Waals surface area contributed by atoms with Crippen molar-refractivity contribution in [3.63, 3.8) is 0 Å². The van der Waals surface area contributed by atoms with Gasteiger partial charge in [-0.15, -0.1) is 10.2 Å². The summed E-state index contributed by atoms with van der Waals surface area (Å²) in [6.45, 7) is 2.89. The molecule has 1 saturated carbocycles. The number of carbonyl (C=O) groups excluding carboxylic acids is 1. The summed E-state index contributed by atoms with van der Waals surface area (Å²) in [4.78, 5) is 12.1. The molecule has 0 bridgehead atoms. The van der Waals surface area contributed by atoms with Crippen LogP contribution in [-0.4, -0.2) is 26.4 Å². The molecule has 6 nitrogen and oxygen atoms in total. The summed E-state index contributed by atoms with van der Waals surface area (Å²) in [6.07, 6.45) is 2.75. The Labute approximate surface area is 145 Å². The highest BCUT2D eigenvalue weighted by molar-refractivity contribution is 7.99. The number of amides is 1. The lowest BCUT2D eigenvalue weighted by Crippen LogP contribution is -2.14. The fraction of sp³-hybridized carbons (Fsp3) is 0.412. The third-order valence-corrected chi connectivity index (χ3v) is 4.82. The second-order valence-electron chi connectivity index (χ2n) is 5.73. The minimum atomic E-state index is -0.0772. The topological polar surface area (TPSA) is 83.6 Å². The van der Waals surface area contributed by atoms with Crippen LogP contribution in [0.15, 0.2) is 29.4 Å². The maximum atomic E-state index is 12.1. The van der Waals surface area contributed by atoms with Crippen LogP contribution in [0.1, 0.15) is 37.1 Å². The average molecular weight is 341 g/mol. The number of thioether (sulfide) groups is 1. The number of nitrogens with zero attached hydrogens (tertiary/aromatic N) is 4. The summed E-state index contributed by atoms with van der Waals surface area (Å²) in [6, 6.07) is 9.43. The first-order valence-electron chi connectivity index (χ1n) is 8.03. The monoisotopic (exact) mass is 341 g/mol. The second kappa shape index (κ2) is 7.49. The van der Waals surface area contributed by atoms with Gasteiger partial charge in [-0.05, 0) is 37.5 Å². The van der Waals surface area contributed by atoms with Crippen LogP contribution < -0.4 is 5.32 Å². The molecule has 1 fully saturated rings. The van der Waals surface area contributed by atoms with Gasteiger partial charge in [0.1, 0.15) is 5.82 Å². The van der Waals surface area contributed by atoms with Crippen molar-refractivity contribution in [2.75, 3.05) is 11.1 Å². The van der Waals surface area contributed by atoms with Crippen LogP contribution in [0.4, 0.5) is 5.69 Å². The molecule has 0 saturated heterocycles. The standard InChI is InChI=1S/C17H19N5OS/c1-2-22-16(13-5-6-13)20-21-17(22)24-11-15(23)19-14-7-3-12(4-8-14)9-10-18/h3-4,7-8,13H,2,5-6,9,11H2,1H3,(H,19,23). The summed E-state index contributed by atoms with van der Waals surface area (Å²) in [7, 11) is 0. The van der Waals surface area contributed by atoms with Crippen LogP contribution in [0, 0.1) is 11.3 Å². The van der Waals surface area contributed by atoms with Crippen molar-refractivity contribution in [3.8, 4) is 6.07 Å². The van der Waals surface area contributed by atoms with Crippen molar-refractivity contribution in [3.05, 3.63) is 35.7 Å². The van der Waals surface area contributed by atoms with Crippen LogP contribution in [0.25, 0.3) is 0 Å². The molecule has 3 rings (SSSR count). The van der Waals surface area contributed by atoms with Gasteiger partial charge in [0.2, 0.25) is 5.91 Å². The van der Waals surface area contributed by atoms with E-state index in [4.69, 9.17) is 5.26 Å². The molecular weight excluding hydrogens is 322 g/mol. The van der Waals surface area contributed by atoms with E-state index in [2.05, 4.69) is 33.1 Å². The van der Waals surface area contributed by atoms with Crippen molar-refractivity contribution < 1.29 is 4.79 Å². The van der Waals surface area contributed by atoms with Crippen LogP contribution >= 0.6 is 11.8 Å². The zero-order valence-corrected chi connectivity index (χ0v) is 14.3. The lowest BCUT2D eigenvalue weighted by molar-refractivity contribution is -0.113. The molecule has 24 heavy (non-hydrogen) atoms. The highest BCUT2D eigenvalue weighted by atomic mass is 32.2. The van der Waals surface area contributed by atoms with Crippen molar-refractivity contribution in [2.45, 2.75) is 43.8 Å². The lowest BCUT2D eigenvalue weighted by Gasteiger charge is -2.07. The quantitative estimate of drug-likeness (QED) is 0.783. The number of hydrogen-bond donors (Lipinski definition) is 1. The van der Waals surface area contributed by atoms with E-state index in [0.717, 1.165) is 28.8 Å². The first-order valence-corrected chi connectivity index (χ1v) is 9.01. The molecule has 1 heterocycles. The molecule has 0 aliphatic heterocycles. The fourth-order valence-electron chi connectivity index (χ4n) is 2.47. The number of carbonyl (C=O) groups is 1. The van der Waals surface area contributed by atoms with Crippen LogP contribution in [0.5, 0.6) is 0 Å². The van der Waals surface area contributed by atoms with E-state index in [-0.39, 0.29) is 5.91 Å². The molecule has 0 radical (unpaired) electrons. The summed E-state index contributed by atoms with van der Waals surface area (Å²) in [5, 5.41) is 20.8. The summed E-state index contributed by atoms with van der Waals surface area (Å²) < 4.78 is 2.10. The third kappa shape index (κ3) is 3.95. The maximum Gasteiger partial charge on any atom is 0.234 e. The van der Waals surface area contributed by atoms with Gasteiger partial charge in [0.25, 0.3) is 0 Å². The van der Waals surface area contributed by atoms with Gasteiger partial charge in [0, 0.05) is 18.2 Å². The van der Waals surface area contributed by atoms with Crippen LogP contribution in [-0.2, 0) is 17.8 Å². The highest BCUT2D eigenvalue weighted by Gasteiger charge is 2.30. The summed E-state index contributed by atoms with van der Waals surface area (Å²) in [5.74, 6) is 1.82. The second-order valence-corrected chi connectivity index (χ2v) is 6.67. The third-order valence-electron chi connectivity index (χ3n) is 3.86. The molecule has 0 spiro atoms. The number of benzene rings is 1. The van der Waals surface area contributed by atoms with Crippen molar-refractivity contribution >= 4 is 23.4 Å². The predicted octanol–water partition coefficient (Wildman–Crippen LogP) is 2.97. The minimum Gasteiger partial charge on any atom is -0.325 e. The number of rotatable bonds is 7. The Bertz CT molecular complexity index is 758. The molecule has 1 aromatic carbocycles. The Morgan fingerprint density at radius 2 is 2.12 bits per heavy atom. The average Bonchev–Trinajstić information content (AvgIpc) is 3.35. The minimum absolute atomic E-state index is 0.0772. The molecule has 1 aliphatic carbocycles. The number of hydrogen-bond acceptors (Lipinski definition) is 5. The number of anilines is 1. The number of aromatic nitrogens is 3. The molecule has 1 amide bonds. The zero-order chi connectivity index (χ0) is 16.9. The van der Waals surface area contributed by atoms with Crippen molar-refractivity contribution in [1.29, 1.82) is 5.26 Å². The largest absolute Gasteiger partial charge is 0.325 e. The summed E-state index contributed by atoms with van der Waals surface area (Å²) in [5.41, 5.74) is 1.67. The molecule has 1 aromatic heterocycles. The number of nitrogens with one attached hydrogen (secondary N) is 1. The molecule has 2 aromatic rings. The van der Waals surface area contributed by atoms with Gasteiger partial charge in [-0.3, -0.25) is 4.79 Å². The van der Waals surface area contributed by atoms with Crippen molar-refractivity contribution in [2.24, 2.45) is 0 Å². The van der Waals surface area contributed by atoms with Gasteiger partial charge in [0.05, 0.1) is 18.2 Å². The smallest absolute Gasteiger partial charge is 0.234 e. The highest BCUT2D eigenvalue weighted by Crippen LogP contribution is 2.39. The zero-order valence-electron chi connectivity index (χ0n) is 13.5.